The highest BCUT2D eigenvalue weighted by atomic mass is 79.9. The fourth-order valence-corrected chi connectivity index (χ4v) is 2.13. The molecular formula is C14H17BrFN. The van der Waals surface area contributed by atoms with Gasteiger partial charge in [-0.15, -0.1) is 0 Å². The molecule has 1 N–H and O–H groups in total. The standard InChI is InChI=1S/C14H17BrFN/c1-10(3-2-8-17-12-5-6-12)13-9-11(15)4-7-14(13)16/h3-4,7,9,12,17H,2,5-6,8H2,1H3. The van der Waals surface area contributed by atoms with Crippen LogP contribution >= 0.6 is 15.9 Å². The van der Waals surface area contributed by atoms with E-state index in [2.05, 4.69) is 27.3 Å². The third kappa shape index (κ3) is 3.93. The largest absolute Gasteiger partial charge is 0.314 e. The van der Waals surface area contributed by atoms with E-state index in [-0.39, 0.29) is 5.82 Å². The molecule has 0 aromatic heterocycles. The Hall–Kier alpha value is -0.670. The molecule has 1 saturated carbocycles. The third-order valence-corrected chi connectivity index (χ3v) is 3.45. The molecule has 0 unspecified atom stereocenters. The van der Waals surface area contributed by atoms with Gasteiger partial charge in [0.1, 0.15) is 5.82 Å². The second-order valence-corrected chi connectivity index (χ2v) is 5.44. The topological polar surface area (TPSA) is 12.0 Å². The van der Waals surface area contributed by atoms with Crippen LogP contribution in [0.2, 0.25) is 0 Å². The van der Waals surface area contributed by atoms with Crippen LogP contribution in [0.1, 0.15) is 31.7 Å². The van der Waals surface area contributed by atoms with Gasteiger partial charge in [0.05, 0.1) is 0 Å². The Bertz CT molecular complexity index is 424. The summed E-state index contributed by atoms with van der Waals surface area (Å²) in [6, 6.07) is 5.79. The van der Waals surface area contributed by atoms with Gasteiger partial charge in [0.25, 0.3) is 0 Å². The van der Waals surface area contributed by atoms with E-state index in [1.54, 1.807) is 6.07 Å². The van der Waals surface area contributed by atoms with E-state index in [1.807, 2.05) is 13.0 Å². The van der Waals surface area contributed by atoms with Crippen molar-refractivity contribution in [2.24, 2.45) is 0 Å². The van der Waals surface area contributed by atoms with Crippen molar-refractivity contribution >= 4 is 21.5 Å². The normalized spacial score (nSPS) is 16.3. The summed E-state index contributed by atoms with van der Waals surface area (Å²) < 4.78 is 14.5. The SMILES string of the molecule is CC(=CCCNC1CC1)c1cc(Br)ccc1F. The Morgan fingerprint density at radius 1 is 1.53 bits per heavy atom. The number of hydrogen-bond donors (Lipinski definition) is 1. The lowest BCUT2D eigenvalue weighted by atomic mass is 10.1. The quantitative estimate of drug-likeness (QED) is 0.806. The second kappa shape index (κ2) is 5.78. The first-order valence-corrected chi connectivity index (χ1v) is 6.81. The van der Waals surface area contributed by atoms with Crippen molar-refractivity contribution in [3.63, 3.8) is 0 Å². The molecule has 1 fully saturated rings. The van der Waals surface area contributed by atoms with Crippen LogP contribution in [-0.4, -0.2) is 12.6 Å². The Morgan fingerprint density at radius 2 is 2.29 bits per heavy atom. The van der Waals surface area contributed by atoms with Gasteiger partial charge < -0.3 is 5.32 Å². The van der Waals surface area contributed by atoms with E-state index >= 15 is 0 Å². The fourth-order valence-electron chi connectivity index (χ4n) is 1.77. The molecule has 0 atom stereocenters. The molecule has 0 heterocycles. The zero-order chi connectivity index (χ0) is 12.3. The average Bonchev–Trinajstić information content (AvgIpc) is 3.11. The minimum Gasteiger partial charge on any atom is -0.314 e. The molecule has 1 aromatic carbocycles. The first-order chi connectivity index (χ1) is 8.16. The summed E-state index contributed by atoms with van der Waals surface area (Å²) >= 11 is 3.37. The molecule has 92 valence electrons. The number of halogens is 2. The monoisotopic (exact) mass is 297 g/mol. The van der Waals surface area contributed by atoms with Gasteiger partial charge >= 0.3 is 0 Å². The molecule has 2 rings (SSSR count). The van der Waals surface area contributed by atoms with Gasteiger partial charge in [-0.25, -0.2) is 4.39 Å². The highest BCUT2D eigenvalue weighted by molar-refractivity contribution is 9.10. The number of hydrogen-bond acceptors (Lipinski definition) is 1. The van der Waals surface area contributed by atoms with Crippen LogP contribution in [0, 0.1) is 5.82 Å². The molecule has 0 radical (unpaired) electrons. The van der Waals surface area contributed by atoms with Crippen LogP contribution in [0.5, 0.6) is 0 Å². The van der Waals surface area contributed by atoms with E-state index in [0.29, 0.717) is 5.56 Å². The van der Waals surface area contributed by atoms with Crippen molar-refractivity contribution in [3.05, 3.63) is 40.1 Å². The van der Waals surface area contributed by atoms with Crippen molar-refractivity contribution < 1.29 is 4.39 Å². The van der Waals surface area contributed by atoms with Gasteiger partial charge in [-0.3, -0.25) is 0 Å². The molecule has 0 saturated heterocycles. The summed E-state index contributed by atoms with van der Waals surface area (Å²) in [6.45, 7) is 2.94. The number of nitrogens with one attached hydrogen (secondary N) is 1. The third-order valence-electron chi connectivity index (χ3n) is 2.96. The predicted molar refractivity (Wildman–Crippen MR) is 73.4 cm³/mol. The highest BCUT2D eigenvalue weighted by Crippen LogP contribution is 2.23. The number of benzene rings is 1. The van der Waals surface area contributed by atoms with Crippen molar-refractivity contribution in [3.8, 4) is 0 Å². The zero-order valence-corrected chi connectivity index (χ0v) is 11.6. The molecule has 3 heteroatoms. The Balaban J connectivity index is 1.94. The number of allylic oxidation sites excluding steroid dienone is 1. The lowest BCUT2D eigenvalue weighted by Gasteiger charge is -2.05. The van der Waals surface area contributed by atoms with Gasteiger partial charge in [0, 0.05) is 16.1 Å². The van der Waals surface area contributed by atoms with Crippen molar-refractivity contribution in [2.75, 3.05) is 6.54 Å². The summed E-state index contributed by atoms with van der Waals surface area (Å²) in [7, 11) is 0. The summed E-state index contributed by atoms with van der Waals surface area (Å²) in [5.41, 5.74) is 1.69. The lowest BCUT2D eigenvalue weighted by Crippen LogP contribution is -2.16. The van der Waals surface area contributed by atoms with Gasteiger partial charge in [-0.05, 0) is 56.5 Å². The molecule has 1 nitrogen and oxygen atoms in total. The smallest absolute Gasteiger partial charge is 0.130 e. The molecule has 0 spiro atoms. The Kier molecular flexibility index (Phi) is 4.35. The Morgan fingerprint density at radius 3 is 3.00 bits per heavy atom. The molecule has 17 heavy (non-hydrogen) atoms. The van der Waals surface area contributed by atoms with Gasteiger partial charge in [-0.1, -0.05) is 22.0 Å². The predicted octanol–water partition coefficient (Wildman–Crippen LogP) is 4.13. The number of rotatable bonds is 5. The Labute approximate surface area is 110 Å². The maximum Gasteiger partial charge on any atom is 0.130 e. The minimum atomic E-state index is -0.155. The van der Waals surface area contributed by atoms with E-state index < -0.39 is 0 Å². The van der Waals surface area contributed by atoms with Crippen LogP contribution in [0.4, 0.5) is 4.39 Å². The van der Waals surface area contributed by atoms with Crippen molar-refractivity contribution in [2.45, 2.75) is 32.2 Å². The van der Waals surface area contributed by atoms with E-state index in [4.69, 9.17) is 0 Å². The minimum absolute atomic E-state index is 0.155. The van der Waals surface area contributed by atoms with Gasteiger partial charge in [-0.2, -0.15) is 0 Å². The molecule has 1 aromatic rings. The highest BCUT2D eigenvalue weighted by Gasteiger charge is 2.19. The zero-order valence-electron chi connectivity index (χ0n) is 9.97. The summed E-state index contributed by atoms with van der Waals surface area (Å²) in [5.74, 6) is -0.155. The van der Waals surface area contributed by atoms with E-state index in [0.717, 1.165) is 29.1 Å². The summed E-state index contributed by atoms with van der Waals surface area (Å²) in [6.07, 6.45) is 5.67. The van der Waals surface area contributed by atoms with Crippen LogP contribution in [-0.2, 0) is 0 Å². The average molecular weight is 298 g/mol. The van der Waals surface area contributed by atoms with Crippen LogP contribution in [0.15, 0.2) is 28.7 Å². The molecule has 1 aliphatic carbocycles. The molecule has 0 bridgehead atoms. The summed E-state index contributed by atoms with van der Waals surface area (Å²) in [5, 5.41) is 3.44. The molecular weight excluding hydrogens is 281 g/mol. The maximum atomic E-state index is 13.6. The first kappa shape index (κ1) is 12.8. The van der Waals surface area contributed by atoms with Crippen molar-refractivity contribution in [1.29, 1.82) is 0 Å². The van der Waals surface area contributed by atoms with Crippen LogP contribution in [0.25, 0.3) is 5.57 Å². The van der Waals surface area contributed by atoms with Gasteiger partial charge in [0.15, 0.2) is 0 Å². The van der Waals surface area contributed by atoms with Crippen molar-refractivity contribution in [1.82, 2.24) is 5.32 Å². The van der Waals surface area contributed by atoms with E-state index in [1.165, 1.54) is 18.9 Å². The van der Waals surface area contributed by atoms with Crippen LogP contribution in [0.3, 0.4) is 0 Å². The molecule has 0 aliphatic heterocycles. The first-order valence-electron chi connectivity index (χ1n) is 6.02. The molecule has 0 amide bonds. The fraction of sp³-hybridized carbons (Fsp3) is 0.429. The van der Waals surface area contributed by atoms with Crippen LogP contribution < -0.4 is 5.32 Å². The lowest BCUT2D eigenvalue weighted by molar-refractivity contribution is 0.623. The summed E-state index contributed by atoms with van der Waals surface area (Å²) in [4.78, 5) is 0. The molecule has 1 aliphatic rings. The maximum absolute atomic E-state index is 13.6. The van der Waals surface area contributed by atoms with Gasteiger partial charge in [0.2, 0.25) is 0 Å². The second-order valence-electron chi connectivity index (χ2n) is 4.53. The van der Waals surface area contributed by atoms with E-state index in [9.17, 15) is 4.39 Å².